The van der Waals surface area contributed by atoms with Crippen LogP contribution in [0.15, 0.2) is 30.3 Å². The molecule has 1 aliphatic rings. The van der Waals surface area contributed by atoms with Crippen LogP contribution in [0.5, 0.6) is 0 Å². The van der Waals surface area contributed by atoms with Gasteiger partial charge in [-0.05, 0) is 31.7 Å². The summed E-state index contributed by atoms with van der Waals surface area (Å²) in [5.74, 6) is -0.326. The lowest BCUT2D eigenvalue weighted by Crippen LogP contribution is -2.43. The van der Waals surface area contributed by atoms with Crippen LogP contribution in [-0.4, -0.2) is 63.6 Å². The Labute approximate surface area is 164 Å². The minimum atomic E-state index is -1.01. The van der Waals surface area contributed by atoms with Crippen molar-refractivity contribution in [3.63, 3.8) is 0 Å². The highest BCUT2D eigenvalue weighted by Crippen LogP contribution is 2.22. The maximum Gasteiger partial charge on any atom is 0.323 e. The molecule has 0 bridgehead atoms. The summed E-state index contributed by atoms with van der Waals surface area (Å²) in [7, 11) is 0. The van der Waals surface area contributed by atoms with Gasteiger partial charge in [0.05, 0.1) is 5.25 Å². The lowest BCUT2D eigenvalue weighted by Gasteiger charge is -2.29. The molecule has 2 atom stereocenters. The molecule has 0 aliphatic carbocycles. The summed E-state index contributed by atoms with van der Waals surface area (Å²) in [5.41, 5.74) is 1.20. The number of thioether (sulfide) groups is 1. The molecule has 6 nitrogen and oxygen atoms in total. The van der Waals surface area contributed by atoms with E-state index in [1.165, 1.54) is 17.4 Å². The van der Waals surface area contributed by atoms with Gasteiger partial charge in [0.25, 0.3) is 0 Å². The first kappa shape index (κ1) is 21.3. The minimum Gasteiger partial charge on any atom is -0.480 e. The summed E-state index contributed by atoms with van der Waals surface area (Å²) in [6, 6.07) is 9.96. The molecule has 2 unspecified atom stereocenters. The van der Waals surface area contributed by atoms with E-state index in [2.05, 4.69) is 12.1 Å². The van der Waals surface area contributed by atoms with Gasteiger partial charge in [0.15, 0.2) is 0 Å². The predicted molar refractivity (Wildman–Crippen MR) is 106 cm³/mol. The number of carboxylic acid groups (broad SMARTS) is 1. The van der Waals surface area contributed by atoms with Crippen LogP contribution in [0.3, 0.4) is 0 Å². The van der Waals surface area contributed by atoms with E-state index in [1.54, 1.807) is 11.8 Å². The van der Waals surface area contributed by atoms with Crippen molar-refractivity contribution in [3.8, 4) is 0 Å². The average Bonchev–Trinajstić information content (AvgIpc) is 2.90. The molecule has 1 aliphatic heterocycles. The van der Waals surface area contributed by atoms with Gasteiger partial charge in [-0.2, -0.15) is 0 Å². The van der Waals surface area contributed by atoms with Gasteiger partial charge in [-0.15, -0.1) is 11.8 Å². The number of benzene rings is 1. The van der Waals surface area contributed by atoms with Gasteiger partial charge in [-0.25, -0.2) is 0 Å². The monoisotopic (exact) mass is 392 g/mol. The van der Waals surface area contributed by atoms with Crippen molar-refractivity contribution in [2.45, 2.75) is 50.2 Å². The Morgan fingerprint density at radius 2 is 1.93 bits per heavy atom. The molecule has 2 amide bonds. The zero-order valence-electron chi connectivity index (χ0n) is 16.0. The fourth-order valence-corrected chi connectivity index (χ4v) is 4.30. The molecule has 1 saturated heterocycles. The van der Waals surface area contributed by atoms with E-state index in [0.29, 0.717) is 19.5 Å². The molecular weight excluding hydrogens is 364 g/mol. The third-order valence-electron chi connectivity index (χ3n) is 4.85. The van der Waals surface area contributed by atoms with Crippen molar-refractivity contribution in [2.24, 2.45) is 0 Å². The van der Waals surface area contributed by atoms with Crippen LogP contribution in [0.4, 0.5) is 0 Å². The van der Waals surface area contributed by atoms with Crippen molar-refractivity contribution in [3.05, 3.63) is 35.9 Å². The van der Waals surface area contributed by atoms with Crippen LogP contribution >= 0.6 is 11.8 Å². The van der Waals surface area contributed by atoms with E-state index in [4.69, 9.17) is 5.11 Å². The number of carbonyl (C=O) groups excluding carboxylic acids is 2. The summed E-state index contributed by atoms with van der Waals surface area (Å²) in [6.07, 6.45) is 2.12. The summed E-state index contributed by atoms with van der Waals surface area (Å²) in [6.45, 7) is 4.27. The SMILES string of the molecule is CC(=O)N(CC(=O)O)C1CCCN(C(=O)C(C)SCc2ccccc2)CC1. The number of aliphatic carboxylic acids is 1. The molecule has 1 aromatic carbocycles. The summed E-state index contributed by atoms with van der Waals surface area (Å²) in [5, 5.41) is 8.90. The lowest BCUT2D eigenvalue weighted by atomic mass is 10.1. The van der Waals surface area contributed by atoms with Crippen molar-refractivity contribution >= 4 is 29.5 Å². The topological polar surface area (TPSA) is 77.9 Å². The Bertz CT molecular complexity index is 653. The molecule has 148 valence electrons. The number of nitrogens with zero attached hydrogens (tertiary/aromatic N) is 2. The zero-order chi connectivity index (χ0) is 19.8. The molecular formula is C20H28N2O4S. The van der Waals surface area contributed by atoms with Crippen molar-refractivity contribution in [2.75, 3.05) is 19.6 Å². The fraction of sp³-hybridized carbons (Fsp3) is 0.550. The van der Waals surface area contributed by atoms with Crippen LogP contribution in [0, 0.1) is 0 Å². The predicted octanol–water partition coefficient (Wildman–Crippen LogP) is 2.62. The smallest absolute Gasteiger partial charge is 0.323 e. The number of carbonyl (C=O) groups is 3. The molecule has 0 aromatic heterocycles. The standard InChI is InChI=1S/C20H28N2O4S/c1-15(27-14-17-7-4-3-5-8-17)20(26)21-11-6-9-18(10-12-21)22(16(2)23)13-19(24)25/h3-5,7-8,15,18H,6,9-14H2,1-2H3,(H,24,25). The molecule has 0 radical (unpaired) electrons. The Balaban J connectivity index is 1.89. The van der Waals surface area contributed by atoms with E-state index in [9.17, 15) is 14.4 Å². The number of likely N-dealkylation sites (tertiary alicyclic amines) is 1. The van der Waals surface area contributed by atoms with Gasteiger partial charge in [-0.1, -0.05) is 30.3 Å². The maximum absolute atomic E-state index is 12.8. The third-order valence-corrected chi connectivity index (χ3v) is 6.05. The molecule has 0 spiro atoms. The molecule has 1 fully saturated rings. The first-order valence-corrected chi connectivity index (χ1v) is 10.4. The second kappa shape index (κ2) is 10.3. The summed E-state index contributed by atoms with van der Waals surface area (Å²) >= 11 is 1.63. The number of amides is 2. The molecule has 27 heavy (non-hydrogen) atoms. The highest BCUT2D eigenvalue weighted by molar-refractivity contribution is 7.99. The molecule has 0 saturated carbocycles. The highest BCUT2D eigenvalue weighted by Gasteiger charge is 2.29. The van der Waals surface area contributed by atoms with E-state index >= 15 is 0 Å². The van der Waals surface area contributed by atoms with Crippen molar-refractivity contribution in [1.29, 1.82) is 0 Å². The largest absolute Gasteiger partial charge is 0.480 e. The first-order chi connectivity index (χ1) is 12.9. The molecule has 1 N–H and O–H groups in total. The Kier molecular flexibility index (Phi) is 8.16. The Morgan fingerprint density at radius 1 is 1.22 bits per heavy atom. The average molecular weight is 393 g/mol. The van der Waals surface area contributed by atoms with Gasteiger partial charge < -0.3 is 14.9 Å². The normalized spacial score (nSPS) is 18.4. The third kappa shape index (κ3) is 6.57. The fourth-order valence-electron chi connectivity index (χ4n) is 3.38. The van der Waals surface area contributed by atoms with Crippen LogP contribution < -0.4 is 0 Å². The van der Waals surface area contributed by atoms with Crippen molar-refractivity contribution < 1.29 is 19.5 Å². The van der Waals surface area contributed by atoms with Gasteiger partial charge in [-0.3, -0.25) is 14.4 Å². The van der Waals surface area contributed by atoms with E-state index in [1.807, 2.05) is 30.0 Å². The number of rotatable bonds is 7. The van der Waals surface area contributed by atoms with Crippen molar-refractivity contribution in [1.82, 2.24) is 9.80 Å². The van der Waals surface area contributed by atoms with Crippen LogP contribution in [0.1, 0.15) is 38.7 Å². The van der Waals surface area contributed by atoms with E-state index in [0.717, 1.165) is 18.6 Å². The quantitative estimate of drug-likeness (QED) is 0.772. The maximum atomic E-state index is 12.8. The summed E-state index contributed by atoms with van der Waals surface area (Å²) in [4.78, 5) is 38.9. The minimum absolute atomic E-state index is 0.115. The zero-order valence-corrected chi connectivity index (χ0v) is 16.8. The number of hydrogen-bond acceptors (Lipinski definition) is 4. The molecule has 1 heterocycles. The van der Waals surface area contributed by atoms with E-state index in [-0.39, 0.29) is 29.7 Å². The first-order valence-electron chi connectivity index (χ1n) is 9.31. The van der Waals surface area contributed by atoms with Crippen LogP contribution in [-0.2, 0) is 20.1 Å². The summed E-state index contributed by atoms with van der Waals surface area (Å²) < 4.78 is 0. The molecule has 1 aromatic rings. The molecule has 2 rings (SSSR count). The Morgan fingerprint density at radius 3 is 2.56 bits per heavy atom. The van der Waals surface area contributed by atoms with Crippen LogP contribution in [0.25, 0.3) is 0 Å². The van der Waals surface area contributed by atoms with Gasteiger partial charge in [0.1, 0.15) is 6.54 Å². The second-order valence-corrected chi connectivity index (χ2v) is 8.22. The number of carboxylic acids is 1. The number of hydrogen-bond donors (Lipinski definition) is 1. The van der Waals surface area contributed by atoms with Crippen LogP contribution in [0.2, 0.25) is 0 Å². The van der Waals surface area contributed by atoms with E-state index < -0.39 is 5.97 Å². The van der Waals surface area contributed by atoms with Gasteiger partial charge in [0.2, 0.25) is 11.8 Å². The second-order valence-electron chi connectivity index (χ2n) is 6.89. The molecule has 7 heteroatoms. The highest BCUT2D eigenvalue weighted by atomic mass is 32.2. The van der Waals surface area contributed by atoms with Gasteiger partial charge >= 0.3 is 5.97 Å². The Hall–Kier alpha value is -2.02. The lowest BCUT2D eigenvalue weighted by molar-refractivity contribution is -0.145. The van der Waals surface area contributed by atoms with Gasteiger partial charge in [0, 0.05) is 31.8 Å².